The van der Waals surface area contributed by atoms with Crippen LogP contribution in [0.25, 0.3) is 0 Å². The lowest BCUT2D eigenvalue weighted by atomic mass is 9.95. The van der Waals surface area contributed by atoms with Gasteiger partial charge in [0.05, 0.1) is 12.7 Å². The maximum atomic E-state index is 11.4. The van der Waals surface area contributed by atoms with Crippen LogP contribution in [0, 0.1) is 0 Å². The Morgan fingerprint density at radius 1 is 1.04 bits per heavy atom. The third-order valence-electron chi connectivity index (χ3n) is 4.34. The fourth-order valence-electron chi connectivity index (χ4n) is 2.91. The number of amides is 1. The molecular formula is C14H25NO10. The second-order valence-corrected chi connectivity index (χ2v) is 6.25. The minimum Gasteiger partial charge on any atom is -0.394 e. The molecule has 0 aromatic rings. The van der Waals surface area contributed by atoms with Gasteiger partial charge in [0.25, 0.3) is 0 Å². The highest BCUT2D eigenvalue weighted by molar-refractivity contribution is 5.73. The number of carbonyl (C=O) groups is 1. The van der Waals surface area contributed by atoms with Crippen LogP contribution in [-0.2, 0) is 19.0 Å². The number of nitrogens with one attached hydrogen (secondary N) is 1. The largest absolute Gasteiger partial charge is 0.394 e. The number of hydrogen-bond donors (Lipinski definition) is 7. The van der Waals surface area contributed by atoms with Gasteiger partial charge in [0.2, 0.25) is 5.91 Å². The smallest absolute Gasteiger partial charge is 0.217 e. The van der Waals surface area contributed by atoms with E-state index >= 15 is 0 Å². The standard InChI is InChI=1S/C14H25NO10/c1-4-8(18)12(11(21)13(22)23-4)25-14-7(15-5(2)17)10(20)9(19)6(3-16)24-14/h4,6-14,16,18-22H,3H2,1-2H3,(H,15,17)/t4-,6+,7+,8-,9+,10+,11+,12+,13+,14-/m0/s1. The van der Waals surface area contributed by atoms with Crippen LogP contribution in [0.2, 0.25) is 0 Å². The minimum atomic E-state index is -1.62. The molecule has 0 aromatic carbocycles. The SMILES string of the molecule is CC(=O)N[C@H]1[C@H](O[C@@H]2[C@@H](O)[C@H](C)O[C@@H](O)[C@@H]2O)O[C@H](CO)[C@@H](O)[C@@H]1O. The summed E-state index contributed by atoms with van der Waals surface area (Å²) in [6.45, 7) is 2.00. The first-order valence-electron chi connectivity index (χ1n) is 7.92. The molecule has 10 atom stereocenters. The quantitative estimate of drug-likeness (QED) is 0.257. The first-order valence-corrected chi connectivity index (χ1v) is 7.92. The van der Waals surface area contributed by atoms with E-state index in [0.29, 0.717) is 0 Å². The molecule has 2 heterocycles. The average Bonchev–Trinajstić information content (AvgIpc) is 2.55. The van der Waals surface area contributed by atoms with E-state index in [2.05, 4.69) is 5.32 Å². The predicted molar refractivity (Wildman–Crippen MR) is 78.8 cm³/mol. The average molecular weight is 367 g/mol. The molecule has 2 aliphatic heterocycles. The van der Waals surface area contributed by atoms with Gasteiger partial charge in [-0.05, 0) is 6.92 Å². The highest BCUT2D eigenvalue weighted by Gasteiger charge is 2.50. The van der Waals surface area contributed by atoms with Crippen molar-refractivity contribution in [3.8, 4) is 0 Å². The van der Waals surface area contributed by atoms with Gasteiger partial charge in [-0.3, -0.25) is 4.79 Å². The Morgan fingerprint density at radius 2 is 1.68 bits per heavy atom. The molecule has 0 bridgehead atoms. The van der Waals surface area contributed by atoms with Crippen LogP contribution in [-0.4, -0.2) is 105 Å². The van der Waals surface area contributed by atoms with Crippen molar-refractivity contribution in [2.45, 2.75) is 75.2 Å². The fourth-order valence-corrected chi connectivity index (χ4v) is 2.91. The first-order chi connectivity index (χ1) is 11.7. The molecule has 0 aromatic heterocycles. The molecule has 2 saturated heterocycles. The molecule has 0 aliphatic carbocycles. The van der Waals surface area contributed by atoms with Crippen molar-refractivity contribution in [3.05, 3.63) is 0 Å². The van der Waals surface area contributed by atoms with E-state index in [1.165, 1.54) is 13.8 Å². The Morgan fingerprint density at radius 3 is 2.24 bits per heavy atom. The van der Waals surface area contributed by atoms with Crippen molar-refractivity contribution in [1.82, 2.24) is 5.32 Å². The van der Waals surface area contributed by atoms with Crippen molar-refractivity contribution in [2.24, 2.45) is 0 Å². The predicted octanol–water partition coefficient (Wildman–Crippen LogP) is -4.23. The second kappa shape index (κ2) is 8.20. The first kappa shape index (κ1) is 20.4. The summed E-state index contributed by atoms with van der Waals surface area (Å²) < 4.78 is 15.8. The lowest BCUT2D eigenvalue weighted by molar-refractivity contribution is -0.338. The molecule has 0 spiro atoms. The Balaban J connectivity index is 2.21. The van der Waals surface area contributed by atoms with Crippen molar-refractivity contribution >= 4 is 5.91 Å². The van der Waals surface area contributed by atoms with Crippen LogP contribution < -0.4 is 5.32 Å². The molecule has 1 amide bonds. The van der Waals surface area contributed by atoms with Crippen LogP contribution in [0.1, 0.15) is 13.8 Å². The second-order valence-electron chi connectivity index (χ2n) is 6.25. The van der Waals surface area contributed by atoms with E-state index in [4.69, 9.17) is 14.2 Å². The molecule has 0 radical (unpaired) electrons. The maximum absolute atomic E-state index is 11.4. The third kappa shape index (κ3) is 4.27. The van der Waals surface area contributed by atoms with E-state index in [1.54, 1.807) is 0 Å². The van der Waals surface area contributed by atoms with Gasteiger partial charge in [-0.2, -0.15) is 0 Å². The molecule has 2 aliphatic rings. The third-order valence-corrected chi connectivity index (χ3v) is 4.34. The summed E-state index contributed by atoms with van der Waals surface area (Å²) in [6, 6.07) is -1.23. The van der Waals surface area contributed by atoms with Crippen molar-refractivity contribution in [3.63, 3.8) is 0 Å². The zero-order valence-corrected chi connectivity index (χ0v) is 13.8. The van der Waals surface area contributed by atoms with Gasteiger partial charge < -0.3 is 50.2 Å². The van der Waals surface area contributed by atoms with Crippen LogP contribution >= 0.6 is 0 Å². The highest BCUT2D eigenvalue weighted by Crippen LogP contribution is 2.28. The number of hydrogen-bond acceptors (Lipinski definition) is 10. The lowest BCUT2D eigenvalue weighted by Gasteiger charge is -2.46. The molecule has 7 N–H and O–H groups in total. The monoisotopic (exact) mass is 367 g/mol. The van der Waals surface area contributed by atoms with E-state index < -0.39 is 73.9 Å². The zero-order valence-electron chi connectivity index (χ0n) is 13.8. The molecular weight excluding hydrogens is 342 g/mol. The number of rotatable bonds is 4. The van der Waals surface area contributed by atoms with Gasteiger partial charge in [0, 0.05) is 6.92 Å². The number of aliphatic hydroxyl groups excluding tert-OH is 6. The van der Waals surface area contributed by atoms with E-state index in [-0.39, 0.29) is 0 Å². The highest BCUT2D eigenvalue weighted by atomic mass is 16.7. The number of ether oxygens (including phenoxy) is 3. The molecule has 11 nitrogen and oxygen atoms in total. The summed E-state index contributed by atoms with van der Waals surface area (Å²) >= 11 is 0. The molecule has 11 heteroatoms. The van der Waals surface area contributed by atoms with Crippen molar-refractivity contribution in [1.29, 1.82) is 0 Å². The van der Waals surface area contributed by atoms with Gasteiger partial charge in [-0.25, -0.2) is 0 Å². The van der Waals surface area contributed by atoms with Gasteiger partial charge in [-0.1, -0.05) is 0 Å². The summed E-state index contributed by atoms with van der Waals surface area (Å²) in [7, 11) is 0. The van der Waals surface area contributed by atoms with Crippen LogP contribution in [0.5, 0.6) is 0 Å². The van der Waals surface area contributed by atoms with Crippen LogP contribution in [0.3, 0.4) is 0 Å². The molecule has 146 valence electrons. The van der Waals surface area contributed by atoms with Gasteiger partial charge in [0.1, 0.15) is 42.7 Å². The van der Waals surface area contributed by atoms with Crippen molar-refractivity contribution < 1.29 is 49.6 Å². The van der Waals surface area contributed by atoms with Crippen molar-refractivity contribution in [2.75, 3.05) is 6.61 Å². The molecule has 2 fully saturated rings. The summed E-state index contributed by atoms with van der Waals surface area (Å²) in [4.78, 5) is 11.4. The lowest BCUT2D eigenvalue weighted by Crippen LogP contribution is -2.67. The maximum Gasteiger partial charge on any atom is 0.217 e. The van der Waals surface area contributed by atoms with E-state index in [0.717, 1.165) is 0 Å². The topological polar surface area (TPSA) is 178 Å². The number of carbonyl (C=O) groups excluding carboxylic acids is 1. The molecule has 0 saturated carbocycles. The molecule has 2 rings (SSSR count). The van der Waals surface area contributed by atoms with Crippen LogP contribution in [0.4, 0.5) is 0 Å². The zero-order chi connectivity index (χ0) is 18.9. The summed E-state index contributed by atoms with van der Waals surface area (Å²) in [6.07, 6.45) is -12.4. The Hall–Kier alpha value is -0.890. The Labute approximate surface area is 143 Å². The summed E-state index contributed by atoms with van der Waals surface area (Å²) in [5.41, 5.74) is 0. The fraction of sp³-hybridized carbons (Fsp3) is 0.929. The summed E-state index contributed by atoms with van der Waals surface area (Å²) in [5.74, 6) is -0.544. The Kier molecular flexibility index (Phi) is 6.70. The van der Waals surface area contributed by atoms with E-state index in [1.807, 2.05) is 0 Å². The normalized spacial score (nSPS) is 48.2. The Bertz CT molecular complexity index is 451. The van der Waals surface area contributed by atoms with Crippen LogP contribution in [0.15, 0.2) is 0 Å². The van der Waals surface area contributed by atoms with Gasteiger partial charge >= 0.3 is 0 Å². The molecule has 0 unspecified atom stereocenters. The van der Waals surface area contributed by atoms with Gasteiger partial charge in [-0.15, -0.1) is 0 Å². The van der Waals surface area contributed by atoms with E-state index in [9.17, 15) is 35.4 Å². The molecule has 25 heavy (non-hydrogen) atoms. The van der Waals surface area contributed by atoms with Gasteiger partial charge in [0.15, 0.2) is 12.6 Å². The summed E-state index contributed by atoms with van der Waals surface area (Å²) in [5, 5.41) is 61.6. The minimum absolute atomic E-state index is 0.544. The number of aliphatic hydroxyl groups is 6.